The summed E-state index contributed by atoms with van der Waals surface area (Å²) < 4.78 is 28.5. The fraction of sp³-hybridized carbons (Fsp3) is 0.400. The minimum Gasteiger partial charge on any atom is -0.391 e. The summed E-state index contributed by atoms with van der Waals surface area (Å²) in [4.78, 5) is 13.8. The number of nitrogens with zero attached hydrogens (tertiary/aromatic N) is 4. The molecule has 23 heavy (non-hydrogen) atoms. The molecule has 2 aromatic rings. The minimum absolute atomic E-state index is 0.0934. The maximum atomic E-state index is 13.6. The van der Waals surface area contributed by atoms with E-state index in [1.54, 1.807) is 0 Å². The van der Waals surface area contributed by atoms with Crippen LogP contribution < -0.4 is 0 Å². The van der Waals surface area contributed by atoms with Crippen molar-refractivity contribution in [1.29, 1.82) is 0 Å². The Kier molecular flexibility index (Phi) is 4.33. The van der Waals surface area contributed by atoms with Gasteiger partial charge in [0.1, 0.15) is 11.6 Å². The van der Waals surface area contributed by atoms with Crippen molar-refractivity contribution in [3.05, 3.63) is 47.3 Å². The summed E-state index contributed by atoms with van der Waals surface area (Å²) in [5.41, 5.74) is -0.0411. The number of hydrogen-bond acceptors (Lipinski definition) is 4. The molecule has 0 aliphatic carbocycles. The fourth-order valence-corrected chi connectivity index (χ4v) is 2.62. The molecular formula is C15H16F2N4O2. The number of carbonyl (C=O) groups excluding carboxylic acids is 1. The molecular weight excluding hydrogens is 306 g/mol. The number of aromatic nitrogens is 3. The van der Waals surface area contributed by atoms with Gasteiger partial charge in [-0.25, -0.2) is 13.5 Å². The molecule has 1 atom stereocenters. The molecule has 1 aromatic carbocycles. The molecule has 1 fully saturated rings. The van der Waals surface area contributed by atoms with Gasteiger partial charge in [-0.3, -0.25) is 4.79 Å². The quantitative estimate of drug-likeness (QED) is 0.922. The predicted octanol–water partition coefficient (Wildman–Crippen LogP) is 1.20. The molecule has 122 valence electrons. The molecule has 1 aliphatic heterocycles. The van der Waals surface area contributed by atoms with Crippen molar-refractivity contribution >= 4 is 5.91 Å². The molecule has 8 heteroatoms. The highest BCUT2D eigenvalue weighted by Gasteiger charge is 2.25. The fourth-order valence-electron chi connectivity index (χ4n) is 2.62. The molecule has 0 saturated carbocycles. The second-order valence-electron chi connectivity index (χ2n) is 5.55. The van der Waals surface area contributed by atoms with Crippen LogP contribution in [0.25, 0.3) is 0 Å². The monoisotopic (exact) mass is 322 g/mol. The van der Waals surface area contributed by atoms with Crippen molar-refractivity contribution < 1.29 is 18.7 Å². The molecule has 1 aliphatic rings. The Morgan fingerprint density at radius 2 is 2.09 bits per heavy atom. The smallest absolute Gasteiger partial charge is 0.276 e. The Hall–Kier alpha value is -2.35. The normalized spacial score (nSPS) is 18.2. The van der Waals surface area contributed by atoms with Crippen LogP contribution in [0.4, 0.5) is 8.78 Å². The minimum atomic E-state index is -0.674. The summed E-state index contributed by atoms with van der Waals surface area (Å²) in [5.74, 6) is -1.69. The zero-order valence-electron chi connectivity index (χ0n) is 12.3. The highest BCUT2D eigenvalue weighted by molar-refractivity contribution is 5.92. The summed E-state index contributed by atoms with van der Waals surface area (Å²) in [5, 5.41) is 17.1. The Balaban J connectivity index is 1.74. The highest BCUT2D eigenvalue weighted by Crippen LogP contribution is 2.15. The highest BCUT2D eigenvalue weighted by atomic mass is 19.1. The number of halogens is 2. The molecule has 0 bridgehead atoms. The third-order valence-electron chi connectivity index (χ3n) is 3.82. The molecule has 1 amide bonds. The van der Waals surface area contributed by atoms with Crippen molar-refractivity contribution in [2.45, 2.75) is 25.5 Å². The molecule has 1 aromatic heterocycles. The van der Waals surface area contributed by atoms with Crippen LogP contribution in [0.5, 0.6) is 0 Å². The van der Waals surface area contributed by atoms with E-state index >= 15 is 0 Å². The molecule has 2 heterocycles. The number of carbonyl (C=O) groups is 1. The van der Waals surface area contributed by atoms with Gasteiger partial charge in [0.25, 0.3) is 5.91 Å². The van der Waals surface area contributed by atoms with Gasteiger partial charge in [0.05, 0.1) is 18.8 Å². The van der Waals surface area contributed by atoms with Crippen molar-refractivity contribution in [3.8, 4) is 0 Å². The molecule has 0 spiro atoms. The first-order chi connectivity index (χ1) is 11.0. The van der Waals surface area contributed by atoms with Crippen LogP contribution >= 0.6 is 0 Å². The molecule has 1 saturated heterocycles. The summed E-state index contributed by atoms with van der Waals surface area (Å²) in [6, 6.07) is 3.61. The number of hydrogen-bond donors (Lipinski definition) is 1. The van der Waals surface area contributed by atoms with Gasteiger partial charge < -0.3 is 10.0 Å². The Morgan fingerprint density at radius 1 is 1.35 bits per heavy atom. The molecule has 3 rings (SSSR count). The van der Waals surface area contributed by atoms with Gasteiger partial charge in [-0.05, 0) is 25.0 Å². The van der Waals surface area contributed by atoms with Crippen molar-refractivity contribution in [2.24, 2.45) is 0 Å². The maximum absolute atomic E-state index is 13.6. The Labute approximate surface area is 131 Å². The standard InChI is InChI=1S/C15H16F2N4O2/c16-12-4-1-5-13(17)11(12)8-21-9-14(18-19-21)15(23)20-6-2-3-10(22)7-20/h1,4-5,9-10,22H,2-3,6-8H2. The van der Waals surface area contributed by atoms with Crippen LogP contribution in [0, 0.1) is 11.6 Å². The van der Waals surface area contributed by atoms with Gasteiger partial charge in [-0.1, -0.05) is 11.3 Å². The topological polar surface area (TPSA) is 71.2 Å². The number of piperidine rings is 1. The molecule has 6 nitrogen and oxygen atoms in total. The van der Waals surface area contributed by atoms with E-state index in [1.807, 2.05) is 0 Å². The first-order valence-electron chi connectivity index (χ1n) is 7.35. The van der Waals surface area contributed by atoms with Gasteiger partial charge in [0.15, 0.2) is 5.69 Å². The number of aliphatic hydroxyl groups excluding tert-OH is 1. The maximum Gasteiger partial charge on any atom is 0.276 e. The average Bonchev–Trinajstić information content (AvgIpc) is 2.99. The van der Waals surface area contributed by atoms with E-state index in [1.165, 1.54) is 21.8 Å². The van der Waals surface area contributed by atoms with Gasteiger partial charge in [0, 0.05) is 18.7 Å². The summed E-state index contributed by atoms with van der Waals surface area (Å²) >= 11 is 0. The van der Waals surface area contributed by atoms with Crippen LogP contribution in [0.1, 0.15) is 28.9 Å². The third kappa shape index (κ3) is 3.37. The van der Waals surface area contributed by atoms with E-state index < -0.39 is 17.7 Å². The summed E-state index contributed by atoms with van der Waals surface area (Å²) in [7, 11) is 0. The number of β-amino-alcohol motifs (C(OH)–C–C–N with tert-alkyl or cyclic N) is 1. The first kappa shape index (κ1) is 15.5. The number of aliphatic hydroxyl groups is 1. The van der Waals surface area contributed by atoms with E-state index in [-0.39, 0.29) is 30.3 Å². The van der Waals surface area contributed by atoms with Crippen molar-refractivity contribution in [2.75, 3.05) is 13.1 Å². The average molecular weight is 322 g/mol. The lowest BCUT2D eigenvalue weighted by atomic mass is 10.1. The SMILES string of the molecule is O=C(c1cn(Cc2c(F)cccc2F)nn1)N1CCCC(O)C1. The van der Waals surface area contributed by atoms with Gasteiger partial charge in [-0.15, -0.1) is 5.10 Å². The van der Waals surface area contributed by atoms with Crippen LogP contribution in [-0.4, -0.2) is 50.1 Å². The molecule has 1 unspecified atom stereocenters. The van der Waals surface area contributed by atoms with Crippen LogP contribution in [0.15, 0.2) is 24.4 Å². The molecule has 0 radical (unpaired) electrons. The van der Waals surface area contributed by atoms with Gasteiger partial charge >= 0.3 is 0 Å². The largest absolute Gasteiger partial charge is 0.391 e. The van der Waals surface area contributed by atoms with Crippen LogP contribution in [0.2, 0.25) is 0 Å². The van der Waals surface area contributed by atoms with Crippen molar-refractivity contribution in [1.82, 2.24) is 19.9 Å². The lowest BCUT2D eigenvalue weighted by molar-refractivity contribution is 0.0469. The van der Waals surface area contributed by atoms with E-state index in [2.05, 4.69) is 10.3 Å². The predicted molar refractivity (Wildman–Crippen MR) is 76.6 cm³/mol. The van der Waals surface area contributed by atoms with Crippen LogP contribution in [0.3, 0.4) is 0 Å². The Morgan fingerprint density at radius 3 is 2.78 bits per heavy atom. The van der Waals surface area contributed by atoms with E-state index in [0.29, 0.717) is 13.0 Å². The number of likely N-dealkylation sites (tertiary alicyclic amines) is 1. The van der Waals surface area contributed by atoms with E-state index in [4.69, 9.17) is 0 Å². The Bertz CT molecular complexity index is 699. The van der Waals surface area contributed by atoms with Crippen molar-refractivity contribution in [3.63, 3.8) is 0 Å². The lowest BCUT2D eigenvalue weighted by Gasteiger charge is -2.29. The number of benzene rings is 1. The summed E-state index contributed by atoms with van der Waals surface area (Å²) in [6.45, 7) is 0.653. The second kappa shape index (κ2) is 6.41. The summed E-state index contributed by atoms with van der Waals surface area (Å²) in [6.07, 6.45) is 2.22. The molecule has 1 N–H and O–H groups in total. The third-order valence-corrected chi connectivity index (χ3v) is 3.82. The zero-order chi connectivity index (χ0) is 16.4. The van der Waals surface area contributed by atoms with E-state index in [0.717, 1.165) is 18.6 Å². The van der Waals surface area contributed by atoms with Crippen LogP contribution in [-0.2, 0) is 6.54 Å². The number of rotatable bonds is 3. The second-order valence-corrected chi connectivity index (χ2v) is 5.55. The number of amides is 1. The van der Waals surface area contributed by atoms with Gasteiger partial charge in [0.2, 0.25) is 0 Å². The zero-order valence-corrected chi connectivity index (χ0v) is 12.3. The lowest BCUT2D eigenvalue weighted by Crippen LogP contribution is -2.42. The first-order valence-corrected chi connectivity index (χ1v) is 7.35. The van der Waals surface area contributed by atoms with Gasteiger partial charge in [-0.2, -0.15) is 0 Å². The van der Waals surface area contributed by atoms with E-state index in [9.17, 15) is 18.7 Å².